The highest BCUT2D eigenvalue weighted by molar-refractivity contribution is 4.54. The molecular formula is C12H24O3. The number of hydrogen-bond donors (Lipinski definition) is 1. The van der Waals surface area contributed by atoms with E-state index in [0.717, 1.165) is 38.9 Å². The number of aliphatic hydroxyl groups excluding tert-OH is 1. The monoisotopic (exact) mass is 216 g/mol. The van der Waals surface area contributed by atoms with Crippen molar-refractivity contribution in [3.63, 3.8) is 0 Å². The van der Waals surface area contributed by atoms with Crippen LogP contribution < -0.4 is 0 Å². The van der Waals surface area contributed by atoms with E-state index in [1.807, 2.05) is 6.92 Å². The summed E-state index contributed by atoms with van der Waals surface area (Å²) in [4.78, 5) is 0. The summed E-state index contributed by atoms with van der Waals surface area (Å²) in [5, 5.41) is 9.07. The normalized spacial score (nSPS) is 20.4. The van der Waals surface area contributed by atoms with Crippen molar-refractivity contribution >= 4 is 0 Å². The third kappa shape index (κ3) is 6.88. The third-order valence-electron chi connectivity index (χ3n) is 2.71. The number of unbranched alkanes of at least 4 members (excludes halogenated alkanes) is 3. The van der Waals surface area contributed by atoms with Crippen LogP contribution in [0.4, 0.5) is 0 Å². The zero-order chi connectivity index (χ0) is 10.9. The Morgan fingerprint density at radius 2 is 1.80 bits per heavy atom. The lowest BCUT2D eigenvalue weighted by atomic mass is 10.1. The van der Waals surface area contributed by atoms with Crippen LogP contribution in [-0.2, 0) is 9.47 Å². The third-order valence-corrected chi connectivity index (χ3v) is 2.71. The van der Waals surface area contributed by atoms with Crippen molar-refractivity contribution in [1.82, 2.24) is 0 Å². The lowest BCUT2D eigenvalue weighted by Crippen LogP contribution is -2.24. The summed E-state index contributed by atoms with van der Waals surface area (Å²) in [5.74, 6) is 0. The van der Waals surface area contributed by atoms with E-state index >= 15 is 0 Å². The van der Waals surface area contributed by atoms with Crippen LogP contribution >= 0.6 is 0 Å². The zero-order valence-electron chi connectivity index (χ0n) is 9.78. The second kappa shape index (κ2) is 8.08. The Morgan fingerprint density at radius 1 is 1.13 bits per heavy atom. The molecular weight excluding hydrogens is 192 g/mol. The summed E-state index contributed by atoms with van der Waals surface area (Å²) in [6, 6.07) is 0. The molecule has 1 N–H and O–H groups in total. The fourth-order valence-corrected chi connectivity index (χ4v) is 1.81. The summed E-state index contributed by atoms with van der Waals surface area (Å²) >= 11 is 0. The first-order valence-corrected chi connectivity index (χ1v) is 6.20. The topological polar surface area (TPSA) is 38.7 Å². The van der Waals surface area contributed by atoms with Crippen LogP contribution in [0.5, 0.6) is 0 Å². The quantitative estimate of drug-likeness (QED) is 0.664. The molecule has 0 aromatic heterocycles. The van der Waals surface area contributed by atoms with Crippen LogP contribution in [-0.4, -0.2) is 30.7 Å². The van der Waals surface area contributed by atoms with Crippen molar-refractivity contribution in [2.75, 3.05) is 13.2 Å². The number of rotatable bonds is 7. The molecule has 90 valence electrons. The Hall–Kier alpha value is -0.120. The second-order valence-electron chi connectivity index (χ2n) is 4.37. The summed E-state index contributed by atoms with van der Waals surface area (Å²) in [6.07, 6.45) is 7.61. The Morgan fingerprint density at radius 3 is 2.47 bits per heavy atom. The van der Waals surface area contributed by atoms with Gasteiger partial charge in [0.2, 0.25) is 0 Å². The Kier molecular flexibility index (Phi) is 6.98. The summed E-state index contributed by atoms with van der Waals surface area (Å²) in [6.45, 7) is 3.56. The van der Waals surface area contributed by atoms with E-state index < -0.39 is 0 Å². The smallest absolute Gasteiger partial charge is 0.157 e. The highest BCUT2D eigenvalue weighted by atomic mass is 16.7. The molecule has 1 fully saturated rings. The van der Waals surface area contributed by atoms with Gasteiger partial charge in [-0.25, -0.2) is 0 Å². The molecule has 0 radical (unpaired) electrons. The van der Waals surface area contributed by atoms with Gasteiger partial charge in [-0.15, -0.1) is 0 Å². The highest BCUT2D eigenvalue weighted by Gasteiger charge is 2.12. The molecule has 0 saturated carbocycles. The minimum Gasteiger partial charge on any atom is -0.393 e. The highest BCUT2D eigenvalue weighted by Crippen LogP contribution is 2.14. The van der Waals surface area contributed by atoms with Crippen LogP contribution in [0.3, 0.4) is 0 Å². The van der Waals surface area contributed by atoms with Crippen molar-refractivity contribution in [3.05, 3.63) is 0 Å². The molecule has 0 aromatic carbocycles. The van der Waals surface area contributed by atoms with Gasteiger partial charge in [0.25, 0.3) is 0 Å². The molecule has 0 spiro atoms. The summed E-state index contributed by atoms with van der Waals surface area (Å²) in [7, 11) is 0. The molecule has 3 nitrogen and oxygen atoms in total. The van der Waals surface area contributed by atoms with Gasteiger partial charge in [-0.1, -0.05) is 19.3 Å². The fraction of sp³-hybridized carbons (Fsp3) is 1.00. The number of hydrogen-bond acceptors (Lipinski definition) is 3. The predicted octanol–water partition coefficient (Wildman–Crippen LogP) is 2.47. The van der Waals surface area contributed by atoms with Gasteiger partial charge in [0, 0.05) is 0 Å². The molecule has 1 rings (SSSR count). The maximum Gasteiger partial charge on any atom is 0.157 e. The van der Waals surface area contributed by atoms with E-state index in [4.69, 9.17) is 14.6 Å². The molecule has 3 heteroatoms. The van der Waals surface area contributed by atoms with Gasteiger partial charge in [-0.3, -0.25) is 0 Å². The SMILES string of the molecule is CC(O)CCCCCCC1OCCCO1. The van der Waals surface area contributed by atoms with Gasteiger partial charge in [-0.05, 0) is 32.6 Å². The predicted molar refractivity (Wildman–Crippen MR) is 59.7 cm³/mol. The number of aliphatic hydroxyl groups is 1. The zero-order valence-corrected chi connectivity index (χ0v) is 9.78. The molecule has 0 aromatic rings. The molecule has 1 heterocycles. The Bertz CT molecular complexity index is 142. The van der Waals surface area contributed by atoms with E-state index in [1.54, 1.807) is 0 Å². The standard InChI is InChI=1S/C12H24O3/c1-11(13)7-4-2-3-5-8-12-14-9-6-10-15-12/h11-13H,2-10H2,1H3. The molecule has 0 amide bonds. The molecule has 0 aliphatic carbocycles. The van der Waals surface area contributed by atoms with Gasteiger partial charge >= 0.3 is 0 Å². The van der Waals surface area contributed by atoms with Crippen LogP contribution in [0.1, 0.15) is 51.9 Å². The van der Waals surface area contributed by atoms with E-state index in [0.29, 0.717) is 0 Å². The minimum atomic E-state index is -0.144. The van der Waals surface area contributed by atoms with Crippen LogP contribution in [0.15, 0.2) is 0 Å². The van der Waals surface area contributed by atoms with Crippen molar-refractivity contribution in [2.24, 2.45) is 0 Å². The molecule has 1 aliphatic rings. The molecule has 0 bridgehead atoms. The number of ether oxygens (including phenoxy) is 2. The fourth-order valence-electron chi connectivity index (χ4n) is 1.81. The first-order chi connectivity index (χ1) is 7.29. The second-order valence-corrected chi connectivity index (χ2v) is 4.37. The van der Waals surface area contributed by atoms with Gasteiger partial charge in [0.15, 0.2) is 6.29 Å². The van der Waals surface area contributed by atoms with Crippen molar-refractivity contribution in [1.29, 1.82) is 0 Å². The molecule has 1 aliphatic heterocycles. The first kappa shape index (κ1) is 12.9. The summed E-state index contributed by atoms with van der Waals surface area (Å²) < 4.78 is 10.9. The van der Waals surface area contributed by atoms with Gasteiger partial charge in [0.05, 0.1) is 19.3 Å². The molecule has 1 unspecified atom stereocenters. The van der Waals surface area contributed by atoms with E-state index in [9.17, 15) is 0 Å². The molecule has 1 atom stereocenters. The van der Waals surface area contributed by atoms with Crippen LogP contribution in [0, 0.1) is 0 Å². The molecule has 15 heavy (non-hydrogen) atoms. The van der Waals surface area contributed by atoms with E-state index in [-0.39, 0.29) is 12.4 Å². The maximum atomic E-state index is 9.07. The lowest BCUT2D eigenvalue weighted by Gasteiger charge is -2.22. The van der Waals surface area contributed by atoms with Crippen molar-refractivity contribution < 1.29 is 14.6 Å². The van der Waals surface area contributed by atoms with E-state index in [1.165, 1.54) is 19.3 Å². The lowest BCUT2D eigenvalue weighted by molar-refractivity contribution is -0.181. The average molecular weight is 216 g/mol. The van der Waals surface area contributed by atoms with Crippen molar-refractivity contribution in [3.8, 4) is 0 Å². The Labute approximate surface area is 92.8 Å². The van der Waals surface area contributed by atoms with E-state index in [2.05, 4.69) is 0 Å². The maximum absolute atomic E-state index is 9.07. The Balaban J connectivity index is 1.83. The minimum absolute atomic E-state index is 0.0514. The first-order valence-electron chi connectivity index (χ1n) is 6.20. The van der Waals surface area contributed by atoms with Gasteiger partial charge in [0.1, 0.15) is 0 Å². The van der Waals surface area contributed by atoms with Gasteiger partial charge in [-0.2, -0.15) is 0 Å². The molecule has 1 saturated heterocycles. The van der Waals surface area contributed by atoms with Gasteiger partial charge < -0.3 is 14.6 Å². The largest absolute Gasteiger partial charge is 0.393 e. The van der Waals surface area contributed by atoms with Crippen LogP contribution in [0.2, 0.25) is 0 Å². The average Bonchev–Trinajstić information content (AvgIpc) is 2.24. The van der Waals surface area contributed by atoms with Crippen LogP contribution in [0.25, 0.3) is 0 Å². The summed E-state index contributed by atoms with van der Waals surface area (Å²) in [5.41, 5.74) is 0. The van der Waals surface area contributed by atoms with Crippen molar-refractivity contribution in [2.45, 2.75) is 64.3 Å².